The number of aliphatic carboxylic acids is 1. The topological polar surface area (TPSA) is 77.8 Å². The van der Waals surface area contributed by atoms with Crippen LogP contribution in [0.3, 0.4) is 0 Å². The van der Waals surface area contributed by atoms with Gasteiger partial charge in [0.05, 0.1) is 11.3 Å². The van der Waals surface area contributed by atoms with E-state index in [1.807, 2.05) is 114 Å². The predicted molar refractivity (Wildman–Crippen MR) is 168 cm³/mol. The van der Waals surface area contributed by atoms with Crippen LogP contribution in [0.15, 0.2) is 133 Å². The lowest BCUT2D eigenvalue weighted by Gasteiger charge is -2.13. The Bertz CT molecular complexity index is 1940. The lowest BCUT2D eigenvalue weighted by Crippen LogP contribution is -2.11. The fourth-order valence-electron chi connectivity index (χ4n) is 5.23. The molecule has 6 aromatic rings. The minimum absolute atomic E-state index is 0.0993. The van der Waals surface area contributed by atoms with E-state index in [0.717, 1.165) is 27.9 Å². The maximum atomic E-state index is 14.1. The molecule has 0 spiro atoms. The molecule has 1 aromatic heterocycles. The number of allylic oxidation sites excluding steroid dienone is 1. The lowest BCUT2D eigenvalue weighted by atomic mass is 10.00. The molecule has 5 aromatic carbocycles. The normalized spacial score (nSPS) is 11.3. The van der Waals surface area contributed by atoms with Gasteiger partial charge >= 0.3 is 5.97 Å². The maximum Gasteiger partial charge on any atom is 0.328 e. The first-order valence-corrected chi connectivity index (χ1v) is 14.0. The Hall–Kier alpha value is -5.62. The fourth-order valence-corrected chi connectivity index (χ4v) is 5.23. The fraction of sp³-hybridized carbons (Fsp3) is 0.0811. The van der Waals surface area contributed by atoms with E-state index in [1.54, 1.807) is 18.2 Å². The summed E-state index contributed by atoms with van der Waals surface area (Å²) >= 11 is 0. The van der Waals surface area contributed by atoms with Crippen LogP contribution in [0.1, 0.15) is 27.2 Å². The van der Waals surface area contributed by atoms with Crippen molar-refractivity contribution in [3.63, 3.8) is 0 Å². The number of rotatable bonds is 11. The number of carboxylic acids is 1. The first-order chi connectivity index (χ1) is 21.1. The summed E-state index contributed by atoms with van der Waals surface area (Å²) in [6.07, 6.45) is 2.67. The van der Waals surface area contributed by atoms with Crippen molar-refractivity contribution in [2.45, 2.75) is 19.8 Å². The zero-order valence-corrected chi connectivity index (χ0v) is 23.4. The quantitative estimate of drug-likeness (QED) is 0.128. The van der Waals surface area contributed by atoms with Gasteiger partial charge in [-0.15, -0.1) is 0 Å². The number of aromatic nitrogens is 1. The molecule has 0 fully saturated rings. The van der Waals surface area contributed by atoms with Gasteiger partial charge in [0.2, 0.25) is 0 Å². The summed E-state index contributed by atoms with van der Waals surface area (Å²) in [5.74, 6) is 0.103. The molecule has 0 bridgehead atoms. The molecule has 0 aliphatic carbocycles. The maximum absolute atomic E-state index is 14.1. The second-order valence-electron chi connectivity index (χ2n) is 10.1. The zero-order chi connectivity index (χ0) is 29.6. The molecule has 6 nitrogen and oxygen atoms in total. The predicted octanol–water partition coefficient (Wildman–Crippen LogP) is 7.82. The highest BCUT2D eigenvalue weighted by Crippen LogP contribution is 2.33. The molecular weight excluding hydrogens is 538 g/mol. The van der Waals surface area contributed by atoms with Gasteiger partial charge in [-0.25, -0.2) is 4.79 Å². The highest BCUT2D eigenvalue weighted by Gasteiger charge is 2.24. The summed E-state index contributed by atoms with van der Waals surface area (Å²) in [5, 5.41) is 12.1. The molecule has 0 saturated carbocycles. The van der Waals surface area contributed by atoms with Crippen LogP contribution in [-0.4, -0.2) is 21.4 Å². The largest absolute Gasteiger partial charge is 0.489 e. The molecule has 0 atom stereocenters. The van der Waals surface area contributed by atoms with Crippen molar-refractivity contribution >= 4 is 33.4 Å². The van der Waals surface area contributed by atoms with Crippen LogP contribution in [0.4, 0.5) is 0 Å². The Balaban J connectivity index is 1.45. The van der Waals surface area contributed by atoms with Crippen LogP contribution in [-0.2, 0) is 24.6 Å². The van der Waals surface area contributed by atoms with E-state index in [9.17, 15) is 14.7 Å². The Morgan fingerprint density at radius 1 is 0.698 bits per heavy atom. The number of nitrogens with zero attached hydrogens (tertiary/aromatic N) is 1. The third kappa shape index (κ3) is 6.19. The monoisotopic (exact) mass is 567 g/mol. The highest BCUT2D eigenvalue weighted by molar-refractivity contribution is 6.17. The zero-order valence-electron chi connectivity index (χ0n) is 23.4. The average Bonchev–Trinajstić information content (AvgIpc) is 3.35. The molecule has 1 N–H and O–H groups in total. The van der Waals surface area contributed by atoms with Gasteiger partial charge in [-0.2, -0.15) is 0 Å². The Labute approximate surface area is 249 Å². The van der Waals surface area contributed by atoms with Crippen molar-refractivity contribution in [3.8, 4) is 11.5 Å². The van der Waals surface area contributed by atoms with E-state index in [2.05, 4.69) is 0 Å². The van der Waals surface area contributed by atoms with Gasteiger partial charge in [0, 0.05) is 29.1 Å². The number of ketones is 1. The van der Waals surface area contributed by atoms with E-state index in [1.165, 1.54) is 0 Å². The molecule has 0 aliphatic rings. The van der Waals surface area contributed by atoms with Crippen molar-refractivity contribution < 1.29 is 24.2 Å². The van der Waals surface area contributed by atoms with Crippen molar-refractivity contribution in [1.29, 1.82) is 0 Å². The standard InChI is InChI=1S/C37H29NO5/c39-35(40)16-9-21-38-33-20-19-31(42-24-26-10-3-1-4-11-26)23-32(33)36(37(41)28-13-5-2-6-14-28)34(38)25-43-30-18-17-27-12-7-8-15-29(27)22-30/h1-20,22-23H,21,24-25H2,(H,39,40). The summed E-state index contributed by atoms with van der Waals surface area (Å²) in [4.78, 5) is 25.4. The van der Waals surface area contributed by atoms with Crippen LogP contribution in [0, 0.1) is 0 Å². The Morgan fingerprint density at radius 3 is 2.12 bits per heavy atom. The third-order valence-corrected chi connectivity index (χ3v) is 7.30. The van der Waals surface area contributed by atoms with Gasteiger partial charge in [0.25, 0.3) is 0 Å². The van der Waals surface area contributed by atoms with Crippen LogP contribution in [0.2, 0.25) is 0 Å². The second-order valence-corrected chi connectivity index (χ2v) is 10.1. The molecule has 0 radical (unpaired) electrons. The van der Waals surface area contributed by atoms with Gasteiger partial charge in [0.15, 0.2) is 5.78 Å². The van der Waals surface area contributed by atoms with E-state index in [-0.39, 0.29) is 18.9 Å². The summed E-state index contributed by atoms with van der Waals surface area (Å²) in [6, 6.07) is 38.6. The van der Waals surface area contributed by atoms with E-state index >= 15 is 0 Å². The Morgan fingerprint density at radius 2 is 1.35 bits per heavy atom. The van der Waals surface area contributed by atoms with Crippen LogP contribution in [0.25, 0.3) is 21.7 Å². The number of hydrogen-bond acceptors (Lipinski definition) is 4. The molecule has 0 amide bonds. The molecule has 0 saturated heterocycles. The summed E-state index contributed by atoms with van der Waals surface area (Å²) in [7, 11) is 0. The van der Waals surface area contributed by atoms with Crippen molar-refractivity contribution in [3.05, 3.63) is 156 Å². The van der Waals surface area contributed by atoms with Gasteiger partial charge in [0.1, 0.15) is 24.7 Å². The second kappa shape index (κ2) is 12.5. The molecule has 0 aliphatic heterocycles. The number of fused-ring (bicyclic) bond motifs is 2. The third-order valence-electron chi connectivity index (χ3n) is 7.30. The van der Waals surface area contributed by atoms with Crippen molar-refractivity contribution in [2.24, 2.45) is 0 Å². The molecule has 43 heavy (non-hydrogen) atoms. The first-order valence-electron chi connectivity index (χ1n) is 14.0. The summed E-state index contributed by atoms with van der Waals surface area (Å²) < 4.78 is 14.4. The van der Waals surface area contributed by atoms with Crippen molar-refractivity contribution in [1.82, 2.24) is 4.57 Å². The smallest absolute Gasteiger partial charge is 0.328 e. The minimum atomic E-state index is -1.04. The molecule has 0 unspecified atom stereocenters. The number of benzene rings is 5. The minimum Gasteiger partial charge on any atom is -0.489 e. The van der Waals surface area contributed by atoms with Crippen LogP contribution in [0.5, 0.6) is 11.5 Å². The van der Waals surface area contributed by atoms with Gasteiger partial charge < -0.3 is 19.1 Å². The van der Waals surface area contributed by atoms with Crippen LogP contribution >= 0.6 is 0 Å². The number of carbonyl (C=O) groups is 2. The number of carboxylic acid groups (broad SMARTS) is 1. The number of hydrogen-bond donors (Lipinski definition) is 1. The molecule has 6 heteroatoms. The molecular formula is C37H29NO5. The summed E-state index contributed by atoms with van der Waals surface area (Å²) in [6.45, 7) is 0.724. The molecule has 6 rings (SSSR count). The van der Waals surface area contributed by atoms with E-state index < -0.39 is 5.97 Å². The SMILES string of the molecule is O=C(O)C=CCn1c(COc2ccc3ccccc3c2)c(C(=O)c2ccccc2)c2cc(OCc3ccccc3)ccc21. The van der Waals surface area contributed by atoms with E-state index in [4.69, 9.17) is 9.47 Å². The van der Waals surface area contributed by atoms with Gasteiger partial charge in [-0.3, -0.25) is 4.79 Å². The molecule has 1 heterocycles. The highest BCUT2D eigenvalue weighted by atomic mass is 16.5. The molecule has 212 valence electrons. The van der Waals surface area contributed by atoms with Crippen LogP contribution < -0.4 is 9.47 Å². The number of carbonyl (C=O) groups excluding carboxylic acids is 1. The average molecular weight is 568 g/mol. The van der Waals surface area contributed by atoms with E-state index in [0.29, 0.717) is 40.3 Å². The van der Waals surface area contributed by atoms with Crippen molar-refractivity contribution in [2.75, 3.05) is 0 Å². The van der Waals surface area contributed by atoms with Gasteiger partial charge in [-0.1, -0.05) is 97.1 Å². The lowest BCUT2D eigenvalue weighted by molar-refractivity contribution is -0.131. The Kier molecular flexibility index (Phi) is 8.00. The summed E-state index contributed by atoms with van der Waals surface area (Å²) in [5.41, 5.74) is 3.50. The van der Waals surface area contributed by atoms with Gasteiger partial charge in [-0.05, 0) is 46.7 Å². The first kappa shape index (κ1) is 27.5. The number of ether oxygens (including phenoxy) is 2.